The van der Waals surface area contributed by atoms with Gasteiger partial charge in [0.25, 0.3) is 0 Å². The molecule has 13 heteroatoms. The van der Waals surface area contributed by atoms with Gasteiger partial charge >= 0.3 is 6.36 Å². The van der Waals surface area contributed by atoms with Gasteiger partial charge in [-0.3, -0.25) is 9.88 Å². The van der Waals surface area contributed by atoms with Gasteiger partial charge in [-0.1, -0.05) is 18.2 Å². The van der Waals surface area contributed by atoms with E-state index < -0.39 is 6.36 Å². The van der Waals surface area contributed by atoms with Gasteiger partial charge in [0.1, 0.15) is 5.75 Å². The lowest BCUT2D eigenvalue weighted by Gasteiger charge is -2.40. The molecule has 4 aromatic carbocycles. The van der Waals surface area contributed by atoms with Crippen LogP contribution in [-0.2, 0) is 13.1 Å². The van der Waals surface area contributed by atoms with Gasteiger partial charge in [0.15, 0.2) is 23.0 Å². The van der Waals surface area contributed by atoms with Crippen molar-refractivity contribution in [2.75, 3.05) is 60.6 Å². The SMILES string of the molecule is COc1cc(-c2cncc(CN3CCC(N(Cc4cccc(-c5cc(OC)c(OC)c(OC)c5)c4)c4ccc(OC(F)(F)F)cc4)CC3)c2)cc(OC)c1OC. The number of aromatic nitrogens is 1. The maximum atomic E-state index is 13.0. The number of anilines is 1. The summed E-state index contributed by atoms with van der Waals surface area (Å²) in [5, 5.41) is 0. The Hall–Kier alpha value is -5.82. The number of benzene rings is 4. The van der Waals surface area contributed by atoms with Crippen molar-refractivity contribution < 1.29 is 46.3 Å². The first kappa shape index (κ1) is 39.9. The highest BCUT2D eigenvalue weighted by molar-refractivity contribution is 5.72. The second-order valence-corrected chi connectivity index (χ2v) is 13.3. The lowest BCUT2D eigenvalue weighted by molar-refractivity contribution is -0.274. The van der Waals surface area contributed by atoms with Crippen LogP contribution in [0.15, 0.2) is 91.3 Å². The first-order valence-electron chi connectivity index (χ1n) is 18.0. The number of nitrogens with zero attached hydrogens (tertiary/aromatic N) is 3. The Labute approximate surface area is 325 Å². The van der Waals surface area contributed by atoms with Crippen molar-refractivity contribution in [3.63, 3.8) is 0 Å². The zero-order chi connectivity index (χ0) is 39.8. The van der Waals surface area contributed by atoms with Crippen molar-refractivity contribution in [1.82, 2.24) is 9.88 Å². The highest BCUT2D eigenvalue weighted by atomic mass is 19.4. The third-order valence-electron chi connectivity index (χ3n) is 9.88. The summed E-state index contributed by atoms with van der Waals surface area (Å²) in [6, 6.07) is 24.2. The lowest BCUT2D eigenvalue weighted by atomic mass is 9.98. The molecule has 0 amide bonds. The van der Waals surface area contributed by atoms with Crippen LogP contribution in [0.4, 0.5) is 18.9 Å². The van der Waals surface area contributed by atoms with Crippen molar-refractivity contribution in [2.24, 2.45) is 0 Å². The Bertz CT molecular complexity index is 2040. The number of hydrogen-bond acceptors (Lipinski definition) is 10. The van der Waals surface area contributed by atoms with E-state index in [1.54, 1.807) is 54.8 Å². The summed E-state index contributed by atoms with van der Waals surface area (Å²) in [4.78, 5) is 9.22. The van der Waals surface area contributed by atoms with E-state index in [2.05, 4.69) is 37.7 Å². The molecule has 5 aromatic rings. The molecule has 2 heterocycles. The number of likely N-dealkylation sites (tertiary alicyclic amines) is 1. The highest BCUT2D eigenvalue weighted by Gasteiger charge is 2.31. The zero-order valence-electron chi connectivity index (χ0n) is 32.3. The molecule has 1 fully saturated rings. The average Bonchev–Trinajstić information content (AvgIpc) is 3.22. The van der Waals surface area contributed by atoms with E-state index in [0.29, 0.717) is 47.6 Å². The molecule has 6 rings (SSSR count). The maximum Gasteiger partial charge on any atom is 0.573 e. The first-order chi connectivity index (χ1) is 27.1. The van der Waals surface area contributed by atoms with Crippen LogP contribution in [0.3, 0.4) is 0 Å². The van der Waals surface area contributed by atoms with Crippen LogP contribution in [0, 0.1) is 0 Å². The van der Waals surface area contributed by atoms with Crippen LogP contribution in [-0.4, -0.2) is 78.0 Å². The summed E-state index contributed by atoms with van der Waals surface area (Å²) in [6.07, 6.45) is 0.604. The van der Waals surface area contributed by atoms with Crippen LogP contribution in [0.5, 0.6) is 40.2 Å². The molecule has 0 spiro atoms. The molecule has 56 heavy (non-hydrogen) atoms. The minimum absolute atomic E-state index is 0.120. The minimum Gasteiger partial charge on any atom is -0.493 e. The summed E-state index contributed by atoms with van der Waals surface area (Å²) in [7, 11) is 9.48. The van der Waals surface area contributed by atoms with Crippen LogP contribution in [0.25, 0.3) is 22.3 Å². The van der Waals surface area contributed by atoms with Crippen LogP contribution < -0.4 is 38.1 Å². The van der Waals surface area contributed by atoms with Crippen molar-refractivity contribution in [3.8, 4) is 62.5 Å². The van der Waals surface area contributed by atoms with Crippen molar-refractivity contribution in [3.05, 3.63) is 102 Å². The number of pyridine rings is 1. The quantitative estimate of drug-likeness (QED) is 0.103. The minimum atomic E-state index is -4.77. The second-order valence-electron chi connectivity index (χ2n) is 13.3. The number of rotatable bonds is 15. The normalized spacial score (nSPS) is 13.5. The Balaban J connectivity index is 1.22. The molecular weight excluding hydrogens is 727 g/mol. The van der Waals surface area contributed by atoms with Gasteiger partial charge in [-0.25, -0.2) is 0 Å². The van der Waals surface area contributed by atoms with Gasteiger partial charge in [-0.15, -0.1) is 13.2 Å². The van der Waals surface area contributed by atoms with Gasteiger partial charge < -0.3 is 38.1 Å². The van der Waals surface area contributed by atoms with Gasteiger partial charge in [0, 0.05) is 55.9 Å². The topological polar surface area (TPSA) is 84.0 Å². The molecule has 10 nitrogen and oxygen atoms in total. The lowest BCUT2D eigenvalue weighted by Crippen LogP contribution is -2.44. The average molecular weight is 774 g/mol. The monoisotopic (exact) mass is 773 g/mol. The number of piperidine rings is 1. The fourth-order valence-electron chi connectivity index (χ4n) is 7.19. The molecule has 296 valence electrons. The molecule has 0 atom stereocenters. The smallest absolute Gasteiger partial charge is 0.493 e. The van der Waals surface area contributed by atoms with Gasteiger partial charge in [0.2, 0.25) is 11.5 Å². The number of hydrogen-bond donors (Lipinski definition) is 0. The molecule has 0 bridgehead atoms. The Morgan fingerprint density at radius 2 is 1.16 bits per heavy atom. The number of methoxy groups -OCH3 is 6. The summed E-state index contributed by atoms with van der Waals surface area (Å²) < 4.78 is 76.5. The number of ether oxygens (including phenoxy) is 7. The second kappa shape index (κ2) is 17.8. The predicted molar refractivity (Wildman–Crippen MR) is 208 cm³/mol. The van der Waals surface area contributed by atoms with Crippen molar-refractivity contribution >= 4 is 5.69 Å². The van der Waals surface area contributed by atoms with Crippen LogP contribution in [0.1, 0.15) is 24.0 Å². The van der Waals surface area contributed by atoms with E-state index in [1.165, 1.54) is 12.1 Å². The van der Waals surface area contributed by atoms with Crippen LogP contribution >= 0.6 is 0 Å². The van der Waals surface area contributed by atoms with Gasteiger partial charge in [0.05, 0.1) is 42.7 Å². The number of alkyl halides is 3. The molecule has 0 aliphatic carbocycles. The molecule has 1 saturated heterocycles. The van der Waals surface area contributed by atoms with E-state index >= 15 is 0 Å². The Kier molecular flexibility index (Phi) is 12.6. The van der Waals surface area contributed by atoms with E-state index in [0.717, 1.165) is 65.0 Å². The molecule has 0 N–H and O–H groups in total. The highest BCUT2D eigenvalue weighted by Crippen LogP contribution is 2.43. The van der Waals surface area contributed by atoms with Gasteiger partial charge in [-0.05, 0) is 101 Å². The molecular formula is C43H46F3N3O7. The first-order valence-corrected chi connectivity index (χ1v) is 18.0. The van der Waals surface area contributed by atoms with E-state index in [-0.39, 0.29) is 11.8 Å². The molecule has 0 unspecified atom stereocenters. The standard InChI is InChI=1S/C43H46F3N3O7/c1-50-37-20-31(21-38(51-2)41(37)54-5)30-9-7-8-28(18-30)27-49(34-10-12-36(13-11-34)56-43(44,45)46)35-14-16-48(17-15-35)26-29-19-33(25-47-24-29)32-22-39(52-3)42(55-6)40(23-32)53-4/h7-13,18-25,35H,14-17,26-27H2,1-6H3. The third kappa shape index (κ3) is 9.34. The largest absolute Gasteiger partial charge is 0.573 e. The molecule has 0 radical (unpaired) electrons. The zero-order valence-corrected chi connectivity index (χ0v) is 32.3. The summed E-state index contributed by atoms with van der Waals surface area (Å²) in [6.45, 7) is 2.87. The number of halogens is 3. The van der Waals surface area contributed by atoms with E-state index in [9.17, 15) is 13.2 Å². The molecule has 1 aliphatic heterocycles. The molecule has 0 saturated carbocycles. The van der Waals surface area contributed by atoms with Crippen molar-refractivity contribution in [2.45, 2.75) is 38.3 Å². The predicted octanol–water partition coefficient (Wildman–Crippen LogP) is 9.04. The molecule has 1 aliphatic rings. The Morgan fingerprint density at radius 3 is 1.68 bits per heavy atom. The summed E-state index contributed by atoms with van der Waals surface area (Å²) in [5.74, 6) is 2.99. The van der Waals surface area contributed by atoms with E-state index in [1.807, 2.05) is 48.8 Å². The fraction of sp³-hybridized carbons (Fsp3) is 0.326. The maximum absolute atomic E-state index is 13.0. The fourth-order valence-corrected chi connectivity index (χ4v) is 7.19. The van der Waals surface area contributed by atoms with Gasteiger partial charge in [-0.2, -0.15) is 0 Å². The van der Waals surface area contributed by atoms with E-state index in [4.69, 9.17) is 28.4 Å². The summed E-state index contributed by atoms with van der Waals surface area (Å²) in [5.41, 5.74) is 6.56. The third-order valence-corrected chi connectivity index (χ3v) is 9.88. The van der Waals surface area contributed by atoms with Crippen LogP contribution in [0.2, 0.25) is 0 Å². The summed E-state index contributed by atoms with van der Waals surface area (Å²) >= 11 is 0. The molecule has 1 aromatic heterocycles. The Morgan fingerprint density at radius 1 is 0.625 bits per heavy atom. The van der Waals surface area contributed by atoms with Crippen molar-refractivity contribution in [1.29, 1.82) is 0 Å².